The van der Waals surface area contributed by atoms with Crippen LogP contribution in [-0.2, 0) is 6.54 Å². The first kappa shape index (κ1) is 19.2. The summed E-state index contributed by atoms with van der Waals surface area (Å²) in [5, 5.41) is 5.25. The Hall–Kier alpha value is -1.56. The zero-order valence-electron chi connectivity index (χ0n) is 16.0. The average Bonchev–Trinajstić information content (AvgIpc) is 2.65. The molecule has 142 valence electrons. The fraction of sp³-hybridized carbons (Fsp3) is 0.550. The molecule has 1 aliphatic rings. The molecule has 1 aromatic carbocycles. The number of anilines is 1. The Kier molecular flexibility index (Phi) is 6.57. The van der Waals surface area contributed by atoms with Crippen LogP contribution in [-0.4, -0.2) is 57.3 Å². The number of benzene rings is 1. The summed E-state index contributed by atoms with van der Waals surface area (Å²) in [6, 6.07) is 6.03. The van der Waals surface area contributed by atoms with E-state index in [0.29, 0.717) is 5.15 Å². The minimum Gasteiger partial charge on any atom is -0.497 e. The van der Waals surface area contributed by atoms with Gasteiger partial charge in [0, 0.05) is 43.7 Å². The van der Waals surface area contributed by atoms with Gasteiger partial charge in [0.15, 0.2) is 0 Å². The highest BCUT2D eigenvalue weighted by molar-refractivity contribution is 6.31. The van der Waals surface area contributed by atoms with Gasteiger partial charge in [-0.25, -0.2) is 4.98 Å². The smallest absolute Gasteiger partial charge is 0.136 e. The van der Waals surface area contributed by atoms with Crippen molar-refractivity contribution in [2.45, 2.75) is 25.8 Å². The van der Waals surface area contributed by atoms with Crippen LogP contribution in [0.2, 0.25) is 5.15 Å². The Balaban J connectivity index is 2.00. The predicted molar refractivity (Wildman–Crippen MR) is 110 cm³/mol. The molecule has 0 amide bonds. The number of hydrogen-bond acceptors (Lipinski definition) is 5. The maximum Gasteiger partial charge on any atom is 0.136 e. The standard InChI is InChI=1S/C20H29ClN4O/c1-24(2)12-9-22-14-17-19(25-10-5-4-6-11-25)16-13-15(26-3)7-8-18(16)23-20(17)21/h7-8,13,22H,4-6,9-12,14H2,1-3H3. The van der Waals surface area contributed by atoms with Crippen molar-refractivity contribution in [3.63, 3.8) is 0 Å². The summed E-state index contributed by atoms with van der Waals surface area (Å²) in [5.74, 6) is 0.853. The van der Waals surface area contributed by atoms with Crippen molar-refractivity contribution < 1.29 is 4.74 Å². The first-order chi connectivity index (χ1) is 12.6. The molecular formula is C20H29ClN4O. The molecule has 0 spiro atoms. The van der Waals surface area contributed by atoms with Crippen LogP contribution in [0.25, 0.3) is 10.9 Å². The lowest BCUT2D eigenvalue weighted by atomic mass is 10.0. The minimum absolute atomic E-state index is 0.598. The normalized spacial score (nSPS) is 15.0. The van der Waals surface area contributed by atoms with E-state index in [2.05, 4.69) is 40.3 Å². The Morgan fingerprint density at radius 2 is 2.00 bits per heavy atom. The van der Waals surface area contributed by atoms with E-state index in [1.807, 2.05) is 12.1 Å². The topological polar surface area (TPSA) is 40.6 Å². The molecule has 3 rings (SSSR count). The Labute approximate surface area is 161 Å². The van der Waals surface area contributed by atoms with E-state index >= 15 is 0 Å². The number of methoxy groups -OCH3 is 1. The molecule has 1 saturated heterocycles. The third kappa shape index (κ3) is 4.40. The van der Waals surface area contributed by atoms with Crippen molar-refractivity contribution in [3.8, 4) is 5.75 Å². The number of ether oxygens (including phenoxy) is 1. The van der Waals surface area contributed by atoms with Gasteiger partial charge < -0.3 is 19.9 Å². The zero-order chi connectivity index (χ0) is 18.5. The maximum absolute atomic E-state index is 6.62. The lowest BCUT2D eigenvalue weighted by Crippen LogP contribution is -2.32. The largest absolute Gasteiger partial charge is 0.497 e. The van der Waals surface area contributed by atoms with Crippen LogP contribution >= 0.6 is 11.6 Å². The lowest BCUT2D eigenvalue weighted by molar-refractivity contribution is 0.400. The fourth-order valence-corrected chi connectivity index (χ4v) is 3.76. The molecule has 26 heavy (non-hydrogen) atoms. The summed E-state index contributed by atoms with van der Waals surface area (Å²) in [6.07, 6.45) is 3.74. The van der Waals surface area contributed by atoms with Crippen LogP contribution in [0.5, 0.6) is 5.75 Å². The highest BCUT2D eigenvalue weighted by Gasteiger charge is 2.21. The van der Waals surface area contributed by atoms with Crippen LogP contribution in [0.4, 0.5) is 5.69 Å². The number of hydrogen-bond donors (Lipinski definition) is 1. The molecule has 0 aliphatic carbocycles. The Morgan fingerprint density at radius 1 is 1.23 bits per heavy atom. The quantitative estimate of drug-likeness (QED) is 0.591. The molecule has 0 unspecified atom stereocenters. The Bertz CT molecular complexity index is 744. The lowest BCUT2D eigenvalue weighted by Gasteiger charge is -2.32. The summed E-state index contributed by atoms with van der Waals surface area (Å²) in [4.78, 5) is 9.30. The van der Waals surface area contributed by atoms with Crippen LogP contribution in [0.3, 0.4) is 0 Å². The molecule has 1 fully saturated rings. The molecule has 0 radical (unpaired) electrons. The van der Waals surface area contributed by atoms with E-state index < -0.39 is 0 Å². The van der Waals surface area contributed by atoms with Crippen LogP contribution in [0.1, 0.15) is 24.8 Å². The van der Waals surface area contributed by atoms with Gasteiger partial charge in [0.1, 0.15) is 10.9 Å². The van der Waals surface area contributed by atoms with Gasteiger partial charge in [-0.2, -0.15) is 0 Å². The first-order valence-electron chi connectivity index (χ1n) is 9.36. The van der Waals surface area contributed by atoms with E-state index in [9.17, 15) is 0 Å². The maximum atomic E-state index is 6.62. The highest BCUT2D eigenvalue weighted by Crippen LogP contribution is 2.37. The summed E-state index contributed by atoms with van der Waals surface area (Å²) < 4.78 is 5.46. The molecule has 2 aromatic rings. The van der Waals surface area contributed by atoms with E-state index in [0.717, 1.165) is 54.9 Å². The second-order valence-corrected chi connectivity index (χ2v) is 7.50. The second-order valence-electron chi connectivity index (χ2n) is 7.14. The van der Waals surface area contributed by atoms with Gasteiger partial charge in [0.05, 0.1) is 18.3 Å². The van der Waals surface area contributed by atoms with Gasteiger partial charge in [-0.3, -0.25) is 0 Å². The van der Waals surface area contributed by atoms with Gasteiger partial charge in [0.2, 0.25) is 0 Å². The molecule has 2 heterocycles. The predicted octanol–water partition coefficient (Wildman–Crippen LogP) is 3.54. The molecule has 5 nitrogen and oxygen atoms in total. The molecular weight excluding hydrogens is 348 g/mol. The van der Waals surface area contributed by atoms with E-state index in [-0.39, 0.29) is 0 Å². The van der Waals surface area contributed by atoms with Crippen molar-refractivity contribution in [2.24, 2.45) is 0 Å². The average molecular weight is 377 g/mol. The number of halogens is 1. The molecule has 0 bridgehead atoms. The minimum atomic E-state index is 0.598. The van der Waals surface area contributed by atoms with Crippen LogP contribution in [0, 0.1) is 0 Å². The van der Waals surface area contributed by atoms with Gasteiger partial charge >= 0.3 is 0 Å². The van der Waals surface area contributed by atoms with Crippen molar-refractivity contribution in [1.82, 2.24) is 15.2 Å². The molecule has 1 N–H and O–H groups in total. The van der Waals surface area contributed by atoms with Crippen molar-refractivity contribution in [1.29, 1.82) is 0 Å². The number of fused-ring (bicyclic) bond motifs is 1. The number of piperidine rings is 1. The number of nitrogens with one attached hydrogen (secondary N) is 1. The summed E-state index contributed by atoms with van der Waals surface area (Å²) >= 11 is 6.62. The molecule has 1 aliphatic heterocycles. The van der Waals surface area contributed by atoms with Gasteiger partial charge in [-0.15, -0.1) is 0 Å². The zero-order valence-corrected chi connectivity index (χ0v) is 16.8. The van der Waals surface area contributed by atoms with Gasteiger partial charge in [-0.05, 0) is 51.6 Å². The summed E-state index contributed by atoms with van der Waals surface area (Å²) in [7, 11) is 5.87. The van der Waals surface area contributed by atoms with E-state index in [1.165, 1.54) is 24.9 Å². The molecule has 0 saturated carbocycles. The molecule has 1 aromatic heterocycles. The summed E-state index contributed by atoms with van der Waals surface area (Å²) in [6.45, 7) is 4.76. The number of aromatic nitrogens is 1. The number of pyridine rings is 1. The van der Waals surface area contributed by atoms with Crippen molar-refractivity contribution in [2.75, 3.05) is 52.3 Å². The summed E-state index contributed by atoms with van der Waals surface area (Å²) in [5.41, 5.74) is 3.23. The van der Waals surface area contributed by atoms with Crippen LogP contribution in [0.15, 0.2) is 18.2 Å². The van der Waals surface area contributed by atoms with Gasteiger partial charge in [-0.1, -0.05) is 11.6 Å². The monoisotopic (exact) mass is 376 g/mol. The Morgan fingerprint density at radius 3 is 2.69 bits per heavy atom. The number of likely N-dealkylation sites (N-methyl/N-ethyl adjacent to an activating group) is 1. The molecule has 6 heteroatoms. The highest BCUT2D eigenvalue weighted by atomic mass is 35.5. The number of rotatable bonds is 7. The molecule has 0 atom stereocenters. The SMILES string of the molecule is COc1ccc2nc(Cl)c(CNCCN(C)C)c(N3CCCCC3)c2c1. The van der Waals surface area contributed by atoms with E-state index in [1.54, 1.807) is 7.11 Å². The second kappa shape index (κ2) is 8.89. The number of nitrogens with zero attached hydrogens (tertiary/aromatic N) is 3. The third-order valence-electron chi connectivity index (χ3n) is 4.92. The third-order valence-corrected chi connectivity index (χ3v) is 5.23. The van der Waals surface area contributed by atoms with Gasteiger partial charge in [0.25, 0.3) is 0 Å². The van der Waals surface area contributed by atoms with E-state index in [4.69, 9.17) is 16.3 Å². The van der Waals surface area contributed by atoms with Crippen molar-refractivity contribution in [3.05, 3.63) is 28.9 Å². The fourth-order valence-electron chi connectivity index (χ4n) is 3.51. The first-order valence-corrected chi connectivity index (χ1v) is 9.74. The van der Waals surface area contributed by atoms with Crippen LogP contribution < -0.4 is 15.0 Å². The van der Waals surface area contributed by atoms with Crippen molar-refractivity contribution >= 4 is 28.2 Å².